The predicted octanol–water partition coefficient (Wildman–Crippen LogP) is 11.3. The molecule has 0 bridgehead atoms. The molecular weight excluding hydrogens is 693 g/mol. The Kier molecular flexibility index (Phi) is 11.6. The molecule has 8 rings (SSSR count). The highest BCUT2D eigenvalue weighted by Crippen LogP contribution is 2.70. The number of allylic oxidation sites excluding steroid dienone is 1. The van der Waals surface area contributed by atoms with Gasteiger partial charge in [0.2, 0.25) is 0 Å². The molecule has 0 heterocycles. The largest absolute Gasteiger partial charge is 0.462 e. The van der Waals surface area contributed by atoms with E-state index in [1.165, 1.54) is 51.4 Å². The van der Waals surface area contributed by atoms with Gasteiger partial charge >= 0.3 is 5.97 Å². The maximum absolute atomic E-state index is 13.6. The van der Waals surface area contributed by atoms with E-state index in [4.69, 9.17) is 4.74 Å². The number of carbonyl (C=O) groups excluding carboxylic acids is 1. The van der Waals surface area contributed by atoms with E-state index in [1.54, 1.807) is 5.57 Å². The third kappa shape index (κ3) is 6.84. The van der Waals surface area contributed by atoms with E-state index in [-0.39, 0.29) is 52.5 Å². The highest BCUT2D eigenvalue weighted by molar-refractivity contribution is 5.69. The van der Waals surface area contributed by atoms with Gasteiger partial charge in [0.05, 0.1) is 18.3 Å². The summed E-state index contributed by atoms with van der Waals surface area (Å²) in [4.78, 5) is 13.6. The fraction of sp³-hybridized carbons (Fsp3) is 0.941. The standard InChI is InChI=1S/C51H84O5/c1-30(2)10-9-11-31(3)38-15-17-40-37-14-13-33-27-36(21-24-48(33,5)41(37)22-25-50(38,40)7)56-46(55)19-12-32(4)39-16-18-42-47-43(29-45(54)51(39,42)8)49(6)23-20-35(52)26-34(49)28-44(47)53/h13,30-32,34-45,47,52-54H,9-12,14-29H2,1-8H3/t31-,32-,34+,35-,36?,37+,38-,39-,40+,41+,42?,43?,44-,45+,47?,48+,49+,50-,51-/m1/s1. The van der Waals surface area contributed by atoms with E-state index < -0.39 is 0 Å². The minimum Gasteiger partial charge on any atom is -0.462 e. The van der Waals surface area contributed by atoms with E-state index in [9.17, 15) is 20.1 Å². The molecule has 0 amide bonds. The second kappa shape index (κ2) is 15.5. The Bertz CT molecular complexity index is 1450. The van der Waals surface area contributed by atoms with E-state index in [0.29, 0.717) is 41.4 Å². The molecule has 56 heavy (non-hydrogen) atoms. The summed E-state index contributed by atoms with van der Waals surface area (Å²) in [6.07, 6.45) is 23.4. The van der Waals surface area contributed by atoms with Crippen molar-refractivity contribution in [3.05, 3.63) is 11.6 Å². The van der Waals surface area contributed by atoms with Crippen LogP contribution in [0.25, 0.3) is 0 Å². The van der Waals surface area contributed by atoms with Crippen LogP contribution in [0.3, 0.4) is 0 Å². The van der Waals surface area contributed by atoms with Gasteiger partial charge < -0.3 is 20.1 Å². The molecule has 0 spiro atoms. The monoisotopic (exact) mass is 777 g/mol. The van der Waals surface area contributed by atoms with Gasteiger partial charge in [-0.3, -0.25) is 4.79 Å². The molecule has 4 unspecified atom stereocenters. The number of carbonyl (C=O) groups is 1. The summed E-state index contributed by atoms with van der Waals surface area (Å²) in [5.74, 6) is 6.86. The summed E-state index contributed by atoms with van der Waals surface area (Å²) in [7, 11) is 0. The first-order valence-corrected chi connectivity index (χ1v) is 24.4. The number of esters is 1. The Balaban J connectivity index is 0.851. The molecular formula is C51H84O5. The number of rotatable bonds is 10. The lowest BCUT2D eigenvalue weighted by atomic mass is 9.43. The summed E-state index contributed by atoms with van der Waals surface area (Å²) in [6, 6.07) is 0. The molecule has 0 aromatic heterocycles. The molecule has 5 nitrogen and oxygen atoms in total. The topological polar surface area (TPSA) is 87.0 Å². The molecule has 3 N–H and O–H groups in total. The van der Waals surface area contributed by atoms with Gasteiger partial charge in [0.25, 0.3) is 0 Å². The van der Waals surface area contributed by atoms with Crippen LogP contribution in [0.15, 0.2) is 11.6 Å². The molecule has 5 heteroatoms. The fourth-order valence-corrected chi connectivity index (χ4v) is 17.7. The van der Waals surface area contributed by atoms with Crippen molar-refractivity contribution in [1.82, 2.24) is 0 Å². The van der Waals surface area contributed by atoms with Gasteiger partial charge in [-0.15, -0.1) is 0 Å². The van der Waals surface area contributed by atoms with Crippen molar-refractivity contribution in [3.8, 4) is 0 Å². The number of aliphatic hydroxyl groups is 3. The van der Waals surface area contributed by atoms with Crippen LogP contribution < -0.4 is 0 Å². The molecule has 7 saturated carbocycles. The Morgan fingerprint density at radius 2 is 1.46 bits per heavy atom. The molecule has 318 valence electrons. The number of fused-ring (bicyclic) bond motifs is 10. The predicted molar refractivity (Wildman–Crippen MR) is 225 cm³/mol. The van der Waals surface area contributed by atoms with Gasteiger partial charge in [-0.25, -0.2) is 0 Å². The van der Waals surface area contributed by atoms with Gasteiger partial charge in [0, 0.05) is 12.8 Å². The van der Waals surface area contributed by atoms with E-state index in [2.05, 4.69) is 61.5 Å². The van der Waals surface area contributed by atoms with Crippen molar-refractivity contribution < 1.29 is 24.9 Å². The quantitative estimate of drug-likeness (QED) is 0.152. The number of hydrogen-bond donors (Lipinski definition) is 3. The van der Waals surface area contributed by atoms with Crippen LogP contribution in [0.5, 0.6) is 0 Å². The number of hydrogen-bond acceptors (Lipinski definition) is 5. The first-order chi connectivity index (χ1) is 26.5. The lowest BCUT2D eigenvalue weighted by molar-refractivity contribution is -0.207. The van der Waals surface area contributed by atoms with E-state index >= 15 is 0 Å². The van der Waals surface area contributed by atoms with Crippen LogP contribution in [0.2, 0.25) is 0 Å². The summed E-state index contributed by atoms with van der Waals surface area (Å²) < 4.78 is 6.33. The average molecular weight is 777 g/mol. The summed E-state index contributed by atoms with van der Waals surface area (Å²) in [5.41, 5.74) is 2.23. The molecule has 0 aromatic rings. The molecule has 19 atom stereocenters. The smallest absolute Gasteiger partial charge is 0.306 e. The molecule has 7 fully saturated rings. The van der Waals surface area contributed by atoms with Crippen molar-refractivity contribution >= 4 is 5.97 Å². The van der Waals surface area contributed by atoms with Crippen LogP contribution in [0, 0.1) is 92.7 Å². The third-order valence-corrected chi connectivity index (χ3v) is 20.9. The van der Waals surface area contributed by atoms with Crippen LogP contribution in [-0.2, 0) is 9.53 Å². The van der Waals surface area contributed by atoms with Gasteiger partial charge in [-0.2, -0.15) is 0 Å². The van der Waals surface area contributed by atoms with E-state index in [0.717, 1.165) is 106 Å². The van der Waals surface area contributed by atoms with Gasteiger partial charge in [-0.1, -0.05) is 86.3 Å². The lowest BCUT2D eigenvalue weighted by Crippen LogP contribution is -2.62. The van der Waals surface area contributed by atoms with Crippen molar-refractivity contribution in [2.45, 2.75) is 208 Å². The molecule has 0 radical (unpaired) electrons. The summed E-state index contributed by atoms with van der Waals surface area (Å²) in [5, 5.41) is 34.2. The Morgan fingerprint density at radius 1 is 0.750 bits per heavy atom. The molecule has 8 aliphatic rings. The van der Waals surface area contributed by atoms with Crippen LogP contribution in [0.4, 0.5) is 0 Å². The third-order valence-electron chi connectivity index (χ3n) is 20.9. The number of ether oxygens (including phenoxy) is 1. The minimum atomic E-state index is -0.388. The van der Waals surface area contributed by atoms with E-state index in [1.807, 2.05) is 0 Å². The molecule has 0 aliphatic heterocycles. The zero-order chi connectivity index (χ0) is 39.9. The Morgan fingerprint density at radius 3 is 2.23 bits per heavy atom. The molecule has 0 saturated heterocycles. The van der Waals surface area contributed by atoms with Crippen molar-refractivity contribution in [2.75, 3.05) is 0 Å². The molecule has 0 aromatic carbocycles. The van der Waals surface area contributed by atoms with Crippen molar-refractivity contribution in [1.29, 1.82) is 0 Å². The summed E-state index contributed by atoms with van der Waals surface area (Å²) in [6.45, 7) is 19.6. The van der Waals surface area contributed by atoms with Crippen LogP contribution >= 0.6 is 0 Å². The zero-order valence-corrected chi connectivity index (χ0v) is 37.1. The Labute approximate surface area is 342 Å². The second-order valence-electron chi connectivity index (χ2n) is 23.7. The highest BCUT2D eigenvalue weighted by atomic mass is 16.5. The zero-order valence-electron chi connectivity index (χ0n) is 37.1. The Hall–Kier alpha value is -0.910. The number of aliphatic hydroxyl groups excluding tert-OH is 3. The van der Waals surface area contributed by atoms with Crippen molar-refractivity contribution in [3.63, 3.8) is 0 Å². The molecule has 8 aliphatic carbocycles. The first-order valence-electron chi connectivity index (χ1n) is 24.4. The normalized spacial score (nSPS) is 50.7. The lowest BCUT2D eigenvalue weighted by Gasteiger charge is -2.63. The van der Waals surface area contributed by atoms with Gasteiger partial charge in [0.15, 0.2) is 0 Å². The summed E-state index contributed by atoms with van der Waals surface area (Å²) >= 11 is 0. The second-order valence-corrected chi connectivity index (χ2v) is 23.7. The average Bonchev–Trinajstić information content (AvgIpc) is 3.69. The van der Waals surface area contributed by atoms with Crippen molar-refractivity contribution in [2.24, 2.45) is 92.7 Å². The maximum Gasteiger partial charge on any atom is 0.306 e. The first kappa shape index (κ1) is 41.8. The van der Waals surface area contributed by atoms with Gasteiger partial charge in [0.1, 0.15) is 6.10 Å². The minimum absolute atomic E-state index is 0.00875. The van der Waals surface area contributed by atoms with Crippen LogP contribution in [0.1, 0.15) is 184 Å². The SMILES string of the molecule is CC(C)CCC[C@@H](C)[C@H]1CC[C@H]2[C@@H]3CC=C4CC(OC(=O)CC[C@@H](C)[C@H]5CCC6C7C(C[C@H](O)[C@@]65C)[C@@]5(C)CC[C@@H](O)C[C@H]5C[C@H]7O)CC[C@]4(C)[C@H]3CC[C@]12C. The maximum atomic E-state index is 13.6. The highest BCUT2D eigenvalue weighted by Gasteiger charge is 2.66. The van der Waals surface area contributed by atoms with Crippen LogP contribution in [-0.4, -0.2) is 45.7 Å². The fourth-order valence-electron chi connectivity index (χ4n) is 17.7. The van der Waals surface area contributed by atoms with Gasteiger partial charge in [-0.05, 0) is 189 Å².